The summed E-state index contributed by atoms with van der Waals surface area (Å²) in [7, 11) is 0. The summed E-state index contributed by atoms with van der Waals surface area (Å²) in [6.45, 7) is 2.25. The van der Waals surface area contributed by atoms with Crippen molar-refractivity contribution in [3.63, 3.8) is 0 Å². The predicted molar refractivity (Wildman–Crippen MR) is 62.0 cm³/mol. The Morgan fingerprint density at radius 2 is 2.38 bits per heavy atom. The molecule has 0 fully saturated rings. The van der Waals surface area contributed by atoms with Crippen LogP contribution in [0.3, 0.4) is 0 Å². The first-order valence-corrected chi connectivity index (χ1v) is 5.29. The summed E-state index contributed by atoms with van der Waals surface area (Å²) in [4.78, 5) is 4.26. The van der Waals surface area contributed by atoms with E-state index in [0.29, 0.717) is 6.61 Å². The third-order valence-corrected chi connectivity index (χ3v) is 2.55. The monoisotopic (exact) mass is 216 g/mol. The maximum Gasteiger partial charge on any atom is 0.145 e. The lowest BCUT2D eigenvalue weighted by Gasteiger charge is -2.06. The summed E-state index contributed by atoms with van der Waals surface area (Å²) in [6.07, 6.45) is 1.68. The average Bonchev–Trinajstić information content (AvgIpc) is 2.97. The van der Waals surface area contributed by atoms with E-state index in [0.717, 1.165) is 35.6 Å². The molecule has 4 heteroatoms. The van der Waals surface area contributed by atoms with Gasteiger partial charge in [-0.3, -0.25) is 4.99 Å². The molecule has 0 saturated heterocycles. The third-order valence-electron chi connectivity index (χ3n) is 2.55. The van der Waals surface area contributed by atoms with Crippen molar-refractivity contribution in [1.29, 1.82) is 0 Å². The van der Waals surface area contributed by atoms with Crippen LogP contribution in [0.1, 0.15) is 0 Å². The number of aliphatic imine (C=N–C) groups is 1. The second-order valence-corrected chi connectivity index (χ2v) is 3.66. The molecule has 0 spiro atoms. The van der Waals surface area contributed by atoms with E-state index in [2.05, 4.69) is 10.3 Å². The maximum absolute atomic E-state index is 5.61. The van der Waals surface area contributed by atoms with Crippen LogP contribution < -0.4 is 10.1 Å². The van der Waals surface area contributed by atoms with Gasteiger partial charge in [0.2, 0.25) is 0 Å². The fourth-order valence-electron chi connectivity index (χ4n) is 1.72. The second-order valence-electron chi connectivity index (χ2n) is 3.66. The van der Waals surface area contributed by atoms with Gasteiger partial charge < -0.3 is 14.5 Å². The largest absolute Gasteiger partial charge is 0.486 e. The van der Waals surface area contributed by atoms with Crippen LogP contribution in [-0.2, 0) is 0 Å². The minimum atomic E-state index is 0.492. The van der Waals surface area contributed by atoms with Gasteiger partial charge in [-0.25, -0.2) is 0 Å². The molecule has 1 aromatic carbocycles. The zero-order chi connectivity index (χ0) is 10.8. The zero-order valence-electron chi connectivity index (χ0n) is 8.77. The molecule has 16 heavy (non-hydrogen) atoms. The van der Waals surface area contributed by atoms with Gasteiger partial charge >= 0.3 is 0 Å². The van der Waals surface area contributed by atoms with E-state index in [4.69, 9.17) is 9.15 Å². The Morgan fingerprint density at radius 3 is 3.25 bits per heavy atom. The van der Waals surface area contributed by atoms with Gasteiger partial charge in [0, 0.05) is 18.0 Å². The lowest BCUT2D eigenvalue weighted by molar-refractivity contribution is 0.373. The molecule has 1 aliphatic rings. The van der Waals surface area contributed by atoms with Gasteiger partial charge in [0.1, 0.15) is 23.8 Å². The summed E-state index contributed by atoms with van der Waals surface area (Å²) in [6, 6.07) is 7.75. The molecule has 2 heterocycles. The van der Waals surface area contributed by atoms with Crippen molar-refractivity contribution >= 4 is 16.8 Å². The molecular weight excluding hydrogens is 204 g/mol. The first kappa shape index (κ1) is 9.27. The van der Waals surface area contributed by atoms with Gasteiger partial charge in [-0.15, -0.1) is 0 Å². The number of amidine groups is 1. The smallest absolute Gasteiger partial charge is 0.145 e. The summed E-state index contributed by atoms with van der Waals surface area (Å²) < 4.78 is 10.9. The Morgan fingerprint density at radius 1 is 1.38 bits per heavy atom. The van der Waals surface area contributed by atoms with Crippen LogP contribution in [0.25, 0.3) is 11.0 Å². The van der Waals surface area contributed by atoms with Crippen molar-refractivity contribution in [2.24, 2.45) is 4.99 Å². The Bertz CT molecular complexity index is 531. The van der Waals surface area contributed by atoms with Crippen LogP contribution in [0.15, 0.2) is 39.9 Å². The minimum Gasteiger partial charge on any atom is -0.486 e. The number of furan rings is 1. The van der Waals surface area contributed by atoms with Crippen LogP contribution in [0.4, 0.5) is 0 Å². The molecule has 0 saturated carbocycles. The van der Waals surface area contributed by atoms with E-state index < -0.39 is 0 Å². The number of rotatable bonds is 3. The molecular formula is C12H12N2O2. The zero-order valence-corrected chi connectivity index (χ0v) is 8.77. The molecule has 0 bridgehead atoms. The highest BCUT2D eigenvalue weighted by Crippen LogP contribution is 2.21. The minimum absolute atomic E-state index is 0.492. The molecule has 82 valence electrons. The summed E-state index contributed by atoms with van der Waals surface area (Å²) in [5, 5.41) is 4.25. The van der Waals surface area contributed by atoms with Gasteiger partial charge in [-0.1, -0.05) is 0 Å². The Hall–Kier alpha value is -1.97. The van der Waals surface area contributed by atoms with Crippen LogP contribution in [0, 0.1) is 0 Å². The molecule has 0 aliphatic carbocycles. The molecule has 2 aromatic rings. The number of hydrogen-bond acceptors (Lipinski definition) is 4. The molecule has 1 aromatic heterocycles. The fraction of sp³-hybridized carbons (Fsp3) is 0.250. The lowest BCUT2D eigenvalue weighted by Crippen LogP contribution is -2.24. The molecule has 4 nitrogen and oxygen atoms in total. The predicted octanol–water partition coefficient (Wildman–Crippen LogP) is 1.81. The number of benzene rings is 1. The summed E-state index contributed by atoms with van der Waals surface area (Å²) in [5.41, 5.74) is 0.846. The van der Waals surface area contributed by atoms with Crippen molar-refractivity contribution in [2.45, 2.75) is 0 Å². The molecule has 1 aliphatic heterocycles. The lowest BCUT2D eigenvalue weighted by atomic mass is 10.2. The Labute approximate surface area is 92.9 Å². The third kappa shape index (κ3) is 1.74. The van der Waals surface area contributed by atoms with Crippen LogP contribution in [0.2, 0.25) is 0 Å². The highest BCUT2D eigenvalue weighted by atomic mass is 16.5. The number of ether oxygens (including phenoxy) is 1. The van der Waals surface area contributed by atoms with Gasteiger partial charge in [-0.2, -0.15) is 0 Å². The highest BCUT2D eigenvalue weighted by molar-refractivity contribution is 5.85. The highest BCUT2D eigenvalue weighted by Gasteiger charge is 2.06. The Kier molecular flexibility index (Phi) is 2.25. The molecule has 1 N–H and O–H groups in total. The van der Waals surface area contributed by atoms with Crippen LogP contribution >= 0.6 is 0 Å². The van der Waals surface area contributed by atoms with Crippen molar-refractivity contribution in [1.82, 2.24) is 5.32 Å². The van der Waals surface area contributed by atoms with E-state index in [9.17, 15) is 0 Å². The van der Waals surface area contributed by atoms with Gasteiger partial charge in [0.15, 0.2) is 0 Å². The fourth-order valence-corrected chi connectivity index (χ4v) is 1.72. The number of fused-ring (bicyclic) bond motifs is 1. The van der Waals surface area contributed by atoms with Gasteiger partial charge in [0.05, 0.1) is 12.8 Å². The average molecular weight is 216 g/mol. The standard InChI is InChI=1S/C12H12N2O2/c1-2-10(7-11-9(1)3-6-15-11)16-8-12-13-4-5-14-12/h1-3,6-7H,4-5,8H2,(H,13,14). The molecule has 0 radical (unpaired) electrons. The van der Waals surface area contributed by atoms with Crippen molar-refractivity contribution in [2.75, 3.05) is 19.7 Å². The van der Waals surface area contributed by atoms with E-state index in [1.807, 2.05) is 24.3 Å². The maximum atomic E-state index is 5.61. The normalized spacial score (nSPS) is 14.9. The van der Waals surface area contributed by atoms with E-state index >= 15 is 0 Å². The van der Waals surface area contributed by atoms with E-state index in [1.165, 1.54) is 0 Å². The second kappa shape index (κ2) is 3.89. The van der Waals surface area contributed by atoms with Gasteiger partial charge in [0.25, 0.3) is 0 Å². The molecule has 0 unspecified atom stereocenters. The van der Waals surface area contributed by atoms with Crippen LogP contribution in [0.5, 0.6) is 5.75 Å². The summed E-state index contributed by atoms with van der Waals surface area (Å²) >= 11 is 0. The number of hydrogen-bond donors (Lipinski definition) is 1. The van der Waals surface area contributed by atoms with Crippen molar-refractivity contribution in [3.05, 3.63) is 30.5 Å². The number of nitrogens with zero attached hydrogens (tertiary/aromatic N) is 1. The quantitative estimate of drug-likeness (QED) is 0.851. The van der Waals surface area contributed by atoms with E-state index in [1.54, 1.807) is 6.26 Å². The molecule has 3 rings (SSSR count). The van der Waals surface area contributed by atoms with Crippen molar-refractivity contribution in [3.8, 4) is 5.75 Å². The first-order chi connectivity index (χ1) is 7.92. The van der Waals surface area contributed by atoms with Crippen LogP contribution in [-0.4, -0.2) is 25.5 Å². The number of nitrogens with one attached hydrogen (secondary N) is 1. The van der Waals surface area contributed by atoms with Crippen molar-refractivity contribution < 1.29 is 9.15 Å². The molecule has 0 atom stereocenters. The van der Waals surface area contributed by atoms with Gasteiger partial charge in [-0.05, 0) is 18.2 Å². The Balaban J connectivity index is 1.73. The summed E-state index contributed by atoms with van der Waals surface area (Å²) in [5.74, 6) is 1.72. The first-order valence-electron chi connectivity index (χ1n) is 5.29. The SMILES string of the molecule is c1cc2ccc(OCC3=NCCN3)cc2o1. The molecule has 0 amide bonds. The van der Waals surface area contributed by atoms with E-state index in [-0.39, 0.29) is 0 Å². The topological polar surface area (TPSA) is 46.8 Å².